The number of nitrogens with zero attached hydrogens (tertiary/aromatic N) is 2. The Morgan fingerprint density at radius 3 is 1.26 bits per heavy atom. The van der Waals surface area contributed by atoms with Crippen LogP contribution >= 0.6 is 0 Å². The second-order valence-electron chi connectivity index (χ2n) is 16.5. The Morgan fingerprint density at radius 2 is 0.868 bits per heavy atom. The van der Waals surface area contributed by atoms with Crippen LogP contribution in [-0.4, -0.2) is 0 Å². The first-order chi connectivity index (χ1) is 25.7. The van der Waals surface area contributed by atoms with Crippen LogP contribution < -0.4 is 9.80 Å². The van der Waals surface area contributed by atoms with Gasteiger partial charge in [-0.1, -0.05) is 100 Å². The number of fused-ring (bicyclic) bond motifs is 7. The molecule has 0 saturated carbocycles. The Labute approximate surface area is 317 Å². The minimum absolute atomic E-state index is 0.152. The van der Waals surface area contributed by atoms with Crippen molar-refractivity contribution in [3.63, 3.8) is 0 Å². The first-order valence-electron chi connectivity index (χ1n) is 20.1. The number of anilines is 6. The highest BCUT2D eigenvalue weighted by molar-refractivity contribution is 5.93. The van der Waals surface area contributed by atoms with Crippen LogP contribution in [0.5, 0.6) is 0 Å². The molecule has 2 aliphatic heterocycles. The van der Waals surface area contributed by atoms with Crippen molar-refractivity contribution < 1.29 is 0 Å². The lowest BCUT2D eigenvalue weighted by molar-refractivity contribution is 0.660. The molecule has 0 spiro atoms. The lowest BCUT2D eigenvalue weighted by Crippen LogP contribution is -2.22. The molecule has 0 radical (unpaired) electrons. The molecule has 6 aromatic carbocycles. The monoisotopic (exact) mass is 692 g/mol. The van der Waals surface area contributed by atoms with Gasteiger partial charge in [0.05, 0.1) is 11.4 Å². The van der Waals surface area contributed by atoms with E-state index in [-0.39, 0.29) is 5.41 Å². The molecule has 53 heavy (non-hydrogen) atoms. The average molecular weight is 693 g/mol. The molecule has 1 aliphatic carbocycles. The Kier molecular flexibility index (Phi) is 8.34. The van der Waals surface area contributed by atoms with Crippen LogP contribution in [0.15, 0.2) is 109 Å². The number of hydrogen-bond donors (Lipinski definition) is 0. The summed E-state index contributed by atoms with van der Waals surface area (Å²) in [5, 5.41) is 0. The van der Waals surface area contributed by atoms with Crippen molar-refractivity contribution in [2.24, 2.45) is 0 Å². The third-order valence-corrected chi connectivity index (χ3v) is 12.3. The topological polar surface area (TPSA) is 6.48 Å². The summed E-state index contributed by atoms with van der Waals surface area (Å²) in [6, 6.07) is 42.9. The van der Waals surface area contributed by atoms with Gasteiger partial charge in [0.1, 0.15) is 0 Å². The molecule has 0 bridgehead atoms. The van der Waals surface area contributed by atoms with Gasteiger partial charge in [0.2, 0.25) is 0 Å². The molecule has 0 aromatic heterocycles. The molecule has 2 heteroatoms. The minimum atomic E-state index is -0.152. The van der Waals surface area contributed by atoms with Crippen molar-refractivity contribution in [3.05, 3.63) is 165 Å². The summed E-state index contributed by atoms with van der Waals surface area (Å²) in [6.45, 7) is 13.9. The summed E-state index contributed by atoms with van der Waals surface area (Å²) in [5.41, 5.74) is 24.3. The molecule has 0 unspecified atom stereocenters. The number of rotatable bonds is 8. The van der Waals surface area contributed by atoms with Gasteiger partial charge in [-0.15, -0.1) is 0 Å². The number of unbranched alkanes of at least 4 members (excludes halogenated alkanes) is 2. The van der Waals surface area contributed by atoms with Gasteiger partial charge in [0, 0.05) is 41.0 Å². The summed E-state index contributed by atoms with van der Waals surface area (Å²) >= 11 is 0. The van der Waals surface area contributed by atoms with Crippen LogP contribution in [0.2, 0.25) is 0 Å². The molecule has 2 heterocycles. The second-order valence-corrected chi connectivity index (χ2v) is 16.5. The molecule has 0 fully saturated rings. The Morgan fingerprint density at radius 1 is 0.472 bits per heavy atom. The van der Waals surface area contributed by atoms with Crippen molar-refractivity contribution in [2.45, 2.75) is 98.3 Å². The smallest absolute Gasteiger partial charge is 0.0500 e. The summed E-state index contributed by atoms with van der Waals surface area (Å²) < 4.78 is 0. The molecule has 0 amide bonds. The summed E-state index contributed by atoms with van der Waals surface area (Å²) in [6.07, 6.45) is 9.06. The maximum Gasteiger partial charge on any atom is 0.0500 e. The molecule has 2 nitrogen and oxygen atoms in total. The van der Waals surface area contributed by atoms with Gasteiger partial charge in [0.15, 0.2) is 0 Å². The largest absolute Gasteiger partial charge is 0.310 e. The van der Waals surface area contributed by atoms with Crippen molar-refractivity contribution in [1.82, 2.24) is 0 Å². The fourth-order valence-electron chi connectivity index (χ4n) is 9.35. The minimum Gasteiger partial charge on any atom is -0.310 e. The Bertz CT molecular complexity index is 2190. The zero-order valence-electron chi connectivity index (χ0n) is 32.4. The molecule has 0 N–H and O–H groups in total. The van der Waals surface area contributed by atoms with Crippen LogP contribution in [0.25, 0.3) is 11.1 Å². The first-order valence-corrected chi connectivity index (χ1v) is 20.1. The molecular weight excluding hydrogens is 641 g/mol. The predicted octanol–water partition coefficient (Wildman–Crippen LogP) is 14.0. The number of benzene rings is 6. The molecule has 0 saturated heterocycles. The third kappa shape index (κ3) is 5.70. The lowest BCUT2D eigenvalue weighted by atomic mass is 9.80. The van der Waals surface area contributed by atoms with E-state index in [2.05, 4.69) is 161 Å². The molecule has 6 aromatic rings. The normalized spacial score (nSPS) is 14.6. The molecule has 9 rings (SSSR count). The van der Waals surface area contributed by atoms with E-state index in [1.165, 1.54) is 127 Å². The highest BCUT2D eigenvalue weighted by Crippen LogP contribution is 2.56. The second kappa shape index (κ2) is 13.1. The van der Waals surface area contributed by atoms with Crippen molar-refractivity contribution in [3.8, 4) is 11.1 Å². The van der Waals surface area contributed by atoms with E-state index in [4.69, 9.17) is 0 Å². The van der Waals surface area contributed by atoms with E-state index in [0.29, 0.717) is 0 Å². The predicted molar refractivity (Wildman–Crippen MR) is 226 cm³/mol. The first kappa shape index (κ1) is 33.7. The van der Waals surface area contributed by atoms with Crippen molar-refractivity contribution in [1.29, 1.82) is 0 Å². The fraction of sp³-hybridized carbons (Fsp3) is 0.294. The maximum absolute atomic E-state index is 2.55. The highest BCUT2D eigenvalue weighted by Gasteiger charge is 2.40. The standard InChI is InChI=1S/C51H52N2/c1-7-9-11-35-15-19-41(20-16-35)52-47-23-13-33(3)25-37(47)27-39-29-43-44-30-40-28-38-26-34(4)14-24-48(38)53(42-21-17-36(18-22-42)12-10-8-2)50(40)32-46(44)51(5,6)45(43)31-49(39)52/h13-26,29-32H,7-12,27-28H2,1-6H3. The zero-order chi connectivity index (χ0) is 36.4. The van der Waals surface area contributed by atoms with E-state index in [0.717, 1.165) is 25.7 Å². The van der Waals surface area contributed by atoms with E-state index in [1.807, 2.05) is 0 Å². The molecular formula is C51H52N2. The van der Waals surface area contributed by atoms with Gasteiger partial charge in [-0.05, 0) is 156 Å². The Hall–Kier alpha value is -5.08. The van der Waals surface area contributed by atoms with Gasteiger partial charge in [0.25, 0.3) is 0 Å². The van der Waals surface area contributed by atoms with E-state index in [1.54, 1.807) is 0 Å². The fourth-order valence-corrected chi connectivity index (χ4v) is 9.35. The van der Waals surface area contributed by atoms with Gasteiger partial charge in [-0.2, -0.15) is 0 Å². The van der Waals surface area contributed by atoms with Crippen molar-refractivity contribution in [2.75, 3.05) is 9.80 Å². The summed E-state index contributed by atoms with van der Waals surface area (Å²) in [4.78, 5) is 5.07. The van der Waals surface area contributed by atoms with Crippen LogP contribution in [0.4, 0.5) is 34.1 Å². The molecule has 0 atom stereocenters. The van der Waals surface area contributed by atoms with E-state index in [9.17, 15) is 0 Å². The van der Waals surface area contributed by atoms with Gasteiger partial charge in [-0.25, -0.2) is 0 Å². The van der Waals surface area contributed by atoms with E-state index < -0.39 is 0 Å². The van der Waals surface area contributed by atoms with Gasteiger partial charge < -0.3 is 9.80 Å². The quantitative estimate of drug-likeness (QED) is 0.156. The average Bonchev–Trinajstić information content (AvgIpc) is 3.37. The van der Waals surface area contributed by atoms with Crippen LogP contribution in [0.3, 0.4) is 0 Å². The maximum atomic E-state index is 2.55. The van der Waals surface area contributed by atoms with Crippen molar-refractivity contribution >= 4 is 34.1 Å². The van der Waals surface area contributed by atoms with Gasteiger partial charge >= 0.3 is 0 Å². The number of hydrogen-bond acceptors (Lipinski definition) is 2. The van der Waals surface area contributed by atoms with E-state index >= 15 is 0 Å². The van der Waals surface area contributed by atoms with Crippen LogP contribution in [0, 0.1) is 13.8 Å². The zero-order valence-corrected chi connectivity index (χ0v) is 32.4. The number of aryl methyl sites for hydroxylation is 4. The summed E-state index contributed by atoms with van der Waals surface area (Å²) in [7, 11) is 0. The highest BCUT2D eigenvalue weighted by atomic mass is 15.2. The summed E-state index contributed by atoms with van der Waals surface area (Å²) in [5.74, 6) is 0. The lowest BCUT2D eigenvalue weighted by Gasteiger charge is -2.35. The third-order valence-electron chi connectivity index (χ3n) is 12.3. The molecule has 3 aliphatic rings. The molecule has 266 valence electrons. The van der Waals surface area contributed by atoms with Gasteiger partial charge in [-0.3, -0.25) is 0 Å². The Balaban J connectivity index is 1.18. The van der Waals surface area contributed by atoms with Crippen LogP contribution in [-0.2, 0) is 31.1 Å². The van der Waals surface area contributed by atoms with Crippen LogP contribution in [0.1, 0.15) is 109 Å². The SMILES string of the molecule is CCCCc1ccc(N2c3ccc(C)cc3Cc3cc4c(cc32)C(C)(C)c2cc3c(cc2-4)Cc2cc(C)ccc2N3c2ccc(CCCC)cc2)cc1.